The number of carbonyl (C=O) groups is 1. The molecule has 5 heteroatoms. The van der Waals surface area contributed by atoms with E-state index in [0.29, 0.717) is 17.7 Å². The minimum Gasteiger partial charge on any atom is -0.371 e. The Kier molecular flexibility index (Phi) is 4.93. The number of hydrogen-bond donors (Lipinski definition) is 1. The van der Waals surface area contributed by atoms with Crippen LogP contribution in [-0.2, 0) is 9.53 Å². The molecular weight excluding hydrogens is 314 g/mol. The Balaban J connectivity index is 1.24. The lowest BCUT2D eigenvalue weighted by molar-refractivity contribution is -0.166. The SMILES string of the molecule is O=C(CC1CCCC1)N1CC2(C1)OCCC2CCNc1ccccn1. The summed E-state index contributed by atoms with van der Waals surface area (Å²) in [7, 11) is 0. The van der Waals surface area contributed by atoms with E-state index >= 15 is 0 Å². The van der Waals surface area contributed by atoms with Crippen LogP contribution in [0.2, 0.25) is 0 Å². The summed E-state index contributed by atoms with van der Waals surface area (Å²) in [4.78, 5) is 18.8. The molecule has 2 aliphatic heterocycles. The van der Waals surface area contributed by atoms with Crippen molar-refractivity contribution in [1.82, 2.24) is 9.88 Å². The Morgan fingerprint density at radius 1 is 1.28 bits per heavy atom. The summed E-state index contributed by atoms with van der Waals surface area (Å²) in [6.45, 7) is 3.33. The third kappa shape index (κ3) is 3.66. The van der Waals surface area contributed by atoms with Gasteiger partial charge in [0, 0.05) is 25.8 Å². The first-order chi connectivity index (χ1) is 12.3. The fourth-order valence-electron chi connectivity index (χ4n) is 4.75. The highest BCUT2D eigenvalue weighted by Gasteiger charge is 2.54. The van der Waals surface area contributed by atoms with Gasteiger partial charge in [-0.1, -0.05) is 18.9 Å². The Morgan fingerprint density at radius 3 is 2.88 bits per heavy atom. The third-order valence-electron chi connectivity index (χ3n) is 6.27. The van der Waals surface area contributed by atoms with Crippen molar-refractivity contribution in [3.63, 3.8) is 0 Å². The smallest absolute Gasteiger partial charge is 0.223 e. The second-order valence-electron chi connectivity index (χ2n) is 7.93. The molecule has 1 aromatic rings. The van der Waals surface area contributed by atoms with E-state index in [1.807, 2.05) is 29.3 Å². The van der Waals surface area contributed by atoms with Crippen LogP contribution in [0.1, 0.15) is 44.9 Å². The van der Waals surface area contributed by atoms with Crippen LogP contribution in [0.5, 0.6) is 0 Å². The summed E-state index contributed by atoms with van der Waals surface area (Å²) in [5, 5.41) is 3.39. The van der Waals surface area contributed by atoms with Crippen molar-refractivity contribution in [3.8, 4) is 0 Å². The maximum Gasteiger partial charge on any atom is 0.223 e. The maximum atomic E-state index is 12.5. The van der Waals surface area contributed by atoms with Crippen molar-refractivity contribution in [2.24, 2.45) is 11.8 Å². The van der Waals surface area contributed by atoms with Gasteiger partial charge >= 0.3 is 0 Å². The van der Waals surface area contributed by atoms with E-state index < -0.39 is 0 Å². The van der Waals surface area contributed by atoms with Crippen molar-refractivity contribution >= 4 is 11.7 Å². The molecule has 4 rings (SSSR count). The van der Waals surface area contributed by atoms with Crippen LogP contribution in [0.4, 0.5) is 5.82 Å². The number of likely N-dealkylation sites (tertiary alicyclic amines) is 1. The van der Waals surface area contributed by atoms with Crippen LogP contribution in [0.3, 0.4) is 0 Å². The highest BCUT2D eigenvalue weighted by atomic mass is 16.5. The van der Waals surface area contributed by atoms with E-state index in [1.54, 1.807) is 0 Å². The van der Waals surface area contributed by atoms with E-state index in [9.17, 15) is 4.79 Å². The molecule has 1 aromatic heterocycles. The number of pyridine rings is 1. The minimum atomic E-state index is -0.0723. The lowest BCUT2D eigenvalue weighted by Gasteiger charge is -2.50. The fourth-order valence-corrected chi connectivity index (χ4v) is 4.75. The van der Waals surface area contributed by atoms with Crippen molar-refractivity contribution in [3.05, 3.63) is 24.4 Å². The molecule has 1 amide bonds. The molecule has 1 saturated carbocycles. The van der Waals surface area contributed by atoms with Crippen molar-refractivity contribution in [1.29, 1.82) is 0 Å². The number of ether oxygens (including phenoxy) is 1. The Labute approximate surface area is 150 Å². The number of anilines is 1. The molecule has 5 nitrogen and oxygen atoms in total. The number of aromatic nitrogens is 1. The average molecular weight is 343 g/mol. The summed E-state index contributed by atoms with van der Waals surface area (Å²) in [5.74, 6) is 2.45. The second kappa shape index (κ2) is 7.32. The van der Waals surface area contributed by atoms with Gasteiger partial charge in [0.25, 0.3) is 0 Å². The molecule has 1 unspecified atom stereocenters. The van der Waals surface area contributed by atoms with E-state index in [4.69, 9.17) is 4.74 Å². The van der Waals surface area contributed by atoms with Gasteiger partial charge in [-0.2, -0.15) is 0 Å². The van der Waals surface area contributed by atoms with Crippen molar-refractivity contribution < 1.29 is 9.53 Å². The zero-order valence-corrected chi connectivity index (χ0v) is 15.0. The van der Waals surface area contributed by atoms with Gasteiger partial charge in [0.2, 0.25) is 5.91 Å². The van der Waals surface area contributed by atoms with E-state index in [0.717, 1.165) is 51.3 Å². The standard InChI is InChI=1S/C20H29N3O2/c24-19(13-16-5-1-2-6-16)23-14-20(15-23)17(9-12-25-20)8-11-22-18-7-3-4-10-21-18/h3-4,7,10,16-17H,1-2,5-6,8-9,11-15H2,(H,21,22). The Bertz CT molecular complexity index is 580. The predicted molar refractivity (Wildman–Crippen MR) is 97.3 cm³/mol. The van der Waals surface area contributed by atoms with Gasteiger partial charge in [-0.05, 0) is 49.7 Å². The summed E-state index contributed by atoms with van der Waals surface area (Å²) in [5.41, 5.74) is -0.0723. The number of nitrogens with one attached hydrogen (secondary N) is 1. The number of rotatable bonds is 6. The largest absolute Gasteiger partial charge is 0.371 e. The highest BCUT2D eigenvalue weighted by Crippen LogP contribution is 2.42. The first-order valence-corrected chi connectivity index (χ1v) is 9.82. The van der Waals surface area contributed by atoms with Crippen LogP contribution in [0.25, 0.3) is 0 Å². The normalized spacial score (nSPS) is 25.3. The lowest BCUT2D eigenvalue weighted by Crippen LogP contribution is -2.66. The second-order valence-corrected chi connectivity index (χ2v) is 7.93. The third-order valence-corrected chi connectivity index (χ3v) is 6.27. The predicted octanol–water partition coefficient (Wildman–Crippen LogP) is 3.08. The number of hydrogen-bond acceptors (Lipinski definition) is 4. The zero-order valence-electron chi connectivity index (χ0n) is 15.0. The summed E-state index contributed by atoms with van der Waals surface area (Å²) >= 11 is 0. The molecule has 1 atom stereocenters. The molecule has 1 spiro atoms. The van der Waals surface area contributed by atoms with Gasteiger partial charge in [-0.15, -0.1) is 0 Å². The lowest BCUT2D eigenvalue weighted by atomic mass is 9.78. The molecule has 1 N–H and O–H groups in total. The number of nitrogens with zero attached hydrogens (tertiary/aromatic N) is 2. The van der Waals surface area contributed by atoms with Gasteiger partial charge in [-0.25, -0.2) is 4.98 Å². The molecule has 3 heterocycles. The van der Waals surface area contributed by atoms with Gasteiger partial charge in [-0.3, -0.25) is 4.79 Å². The van der Waals surface area contributed by atoms with Gasteiger partial charge in [0.1, 0.15) is 11.4 Å². The Hall–Kier alpha value is -1.62. The molecule has 2 saturated heterocycles. The maximum absolute atomic E-state index is 12.5. The van der Waals surface area contributed by atoms with Crippen LogP contribution in [0, 0.1) is 11.8 Å². The van der Waals surface area contributed by atoms with E-state index in [-0.39, 0.29) is 5.60 Å². The van der Waals surface area contributed by atoms with E-state index in [1.165, 1.54) is 25.7 Å². The minimum absolute atomic E-state index is 0.0723. The number of amides is 1. The average Bonchev–Trinajstić information content (AvgIpc) is 3.24. The molecule has 0 aromatic carbocycles. The van der Waals surface area contributed by atoms with Gasteiger partial charge in [0.15, 0.2) is 0 Å². The molecule has 0 radical (unpaired) electrons. The summed E-state index contributed by atoms with van der Waals surface area (Å²) in [6, 6.07) is 5.92. The van der Waals surface area contributed by atoms with Crippen LogP contribution in [-0.4, -0.2) is 47.6 Å². The van der Waals surface area contributed by atoms with Crippen molar-refractivity contribution in [2.75, 3.05) is 31.6 Å². The van der Waals surface area contributed by atoms with Crippen LogP contribution < -0.4 is 5.32 Å². The molecule has 3 aliphatic rings. The van der Waals surface area contributed by atoms with Crippen molar-refractivity contribution in [2.45, 2.75) is 50.5 Å². The molecule has 3 fully saturated rings. The zero-order chi connectivity index (χ0) is 17.1. The quantitative estimate of drug-likeness (QED) is 0.862. The van der Waals surface area contributed by atoms with Crippen LogP contribution >= 0.6 is 0 Å². The fraction of sp³-hybridized carbons (Fsp3) is 0.700. The highest BCUT2D eigenvalue weighted by molar-refractivity contribution is 5.77. The topological polar surface area (TPSA) is 54.5 Å². The van der Waals surface area contributed by atoms with E-state index in [2.05, 4.69) is 10.3 Å². The molecule has 0 bridgehead atoms. The molecule has 25 heavy (non-hydrogen) atoms. The first-order valence-electron chi connectivity index (χ1n) is 9.82. The van der Waals surface area contributed by atoms with Crippen LogP contribution in [0.15, 0.2) is 24.4 Å². The van der Waals surface area contributed by atoms with Gasteiger partial charge < -0.3 is 15.0 Å². The number of carbonyl (C=O) groups excluding carboxylic acids is 1. The van der Waals surface area contributed by atoms with Gasteiger partial charge in [0.05, 0.1) is 13.1 Å². The summed E-state index contributed by atoms with van der Waals surface area (Å²) < 4.78 is 6.10. The molecule has 136 valence electrons. The monoisotopic (exact) mass is 343 g/mol. The first kappa shape index (κ1) is 16.8. The molecular formula is C20H29N3O2. The molecule has 1 aliphatic carbocycles. The summed E-state index contributed by atoms with van der Waals surface area (Å²) in [6.07, 6.45) is 9.82. The Morgan fingerprint density at radius 2 is 2.12 bits per heavy atom.